The molecule has 0 radical (unpaired) electrons. The number of imide groups is 1. The van der Waals surface area contributed by atoms with Gasteiger partial charge in [0.1, 0.15) is 6.04 Å². The van der Waals surface area contributed by atoms with Crippen LogP contribution in [0.5, 0.6) is 0 Å². The minimum Gasteiger partial charge on any atom is -0.322 e. The van der Waals surface area contributed by atoms with Crippen LogP contribution in [0.15, 0.2) is 18.2 Å². The second-order valence-electron chi connectivity index (χ2n) is 5.64. The second kappa shape index (κ2) is 5.31. The fourth-order valence-electron chi connectivity index (χ4n) is 3.05. The predicted molar refractivity (Wildman–Crippen MR) is 76.5 cm³/mol. The molecule has 0 spiro atoms. The predicted octanol–water partition coefficient (Wildman–Crippen LogP) is 1.40. The van der Waals surface area contributed by atoms with E-state index >= 15 is 0 Å². The summed E-state index contributed by atoms with van der Waals surface area (Å²) < 4.78 is 0. The Labute approximate surface area is 123 Å². The zero-order chi connectivity index (χ0) is 15.0. The summed E-state index contributed by atoms with van der Waals surface area (Å²) in [5.41, 5.74) is 2.81. The number of hydrogen-bond acceptors (Lipinski definition) is 3. The van der Waals surface area contributed by atoms with Crippen molar-refractivity contribution in [1.82, 2.24) is 10.2 Å². The summed E-state index contributed by atoms with van der Waals surface area (Å²) in [6.45, 7) is 2.55. The Bertz CT molecular complexity index is 624. The molecule has 2 aliphatic heterocycles. The van der Waals surface area contributed by atoms with Gasteiger partial charge in [0.2, 0.25) is 11.8 Å². The van der Waals surface area contributed by atoms with Crippen LogP contribution in [0.4, 0.5) is 0 Å². The third kappa shape index (κ3) is 2.44. The van der Waals surface area contributed by atoms with Gasteiger partial charge in [-0.05, 0) is 30.0 Å². The highest BCUT2D eigenvalue weighted by Gasteiger charge is 2.38. The first-order chi connectivity index (χ1) is 10.1. The van der Waals surface area contributed by atoms with Crippen molar-refractivity contribution in [1.29, 1.82) is 0 Å². The topological polar surface area (TPSA) is 66.5 Å². The van der Waals surface area contributed by atoms with Crippen molar-refractivity contribution in [3.63, 3.8) is 0 Å². The lowest BCUT2D eigenvalue weighted by atomic mass is 10.0. The average Bonchev–Trinajstić information content (AvgIpc) is 2.77. The molecule has 1 saturated heterocycles. The van der Waals surface area contributed by atoms with Crippen molar-refractivity contribution in [3.05, 3.63) is 34.9 Å². The molecule has 1 aromatic rings. The summed E-state index contributed by atoms with van der Waals surface area (Å²) >= 11 is 0. The number of fused-ring (bicyclic) bond motifs is 1. The van der Waals surface area contributed by atoms with Crippen molar-refractivity contribution < 1.29 is 14.4 Å². The van der Waals surface area contributed by atoms with Crippen LogP contribution in [-0.2, 0) is 22.6 Å². The van der Waals surface area contributed by atoms with Gasteiger partial charge in [0.25, 0.3) is 5.91 Å². The summed E-state index contributed by atoms with van der Waals surface area (Å²) in [6.07, 6.45) is 2.67. The number of carbonyl (C=O) groups is 3. The minimum absolute atomic E-state index is 0.0996. The monoisotopic (exact) mass is 286 g/mol. The van der Waals surface area contributed by atoms with E-state index in [0.29, 0.717) is 18.5 Å². The van der Waals surface area contributed by atoms with Crippen molar-refractivity contribution in [2.75, 3.05) is 0 Å². The van der Waals surface area contributed by atoms with E-state index in [1.54, 1.807) is 4.90 Å². The molecule has 5 nitrogen and oxygen atoms in total. The first-order valence-electron chi connectivity index (χ1n) is 7.36. The molecule has 0 aromatic heterocycles. The summed E-state index contributed by atoms with van der Waals surface area (Å²) in [5.74, 6) is -0.718. The number of carbonyl (C=O) groups excluding carboxylic acids is 3. The standard InChI is InChI=1S/C16H18N2O3/c1-2-3-10-4-5-11-9-18(16(21)12(11)8-10)13-6-7-14(19)17-15(13)20/h4-5,8,13H,2-3,6-7,9H2,1H3,(H,17,19,20). The largest absolute Gasteiger partial charge is 0.322 e. The number of piperidine rings is 1. The molecule has 1 atom stereocenters. The number of aryl methyl sites for hydroxylation is 1. The Hall–Kier alpha value is -2.17. The molecule has 1 N–H and O–H groups in total. The number of nitrogens with zero attached hydrogens (tertiary/aromatic N) is 1. The van der Waals surface area contributed by atoms with Crippen molar-refractivity contribution in [2.24, 2.45) is 0 Å². The van der Waals surface area contributed by atoms with Gasteiger partial charge < -0.3 is 4.90 Å². The Kier molecular flexibility index (Phi) is 3.49. The molecule has 1 fully saturated rings. The van der Waals surface area contributed by atoms with Crippen LogP contribution in [0, 0.1) is 0 Å². The Balaban J connectivity index is 1.83. The maximum atomic E-state index is 12.5. The van der Waals surface area contributed by atoms with Gasteiger partial charge in [-0.3, -0.25) is 19.7 Å². The lowest BCUT2D eigenvalue weighted by Crippen LogP contribution is -2.52. The number of hydrogen-bond donors (Lipinski definition) is 1. The number of amides is 3. The highest BCUT2D eigenvalue weighted by atomic mass is 16.2. The lowest BCUT2D eigenvalue weighted by Gasteiger charge is -2.29. The van der Waals surface area contributed by atoms with Crippen molar-refractivity contribution in [2.45, 2.75) is 45.2 Å². The Morgan fingerprint density at radius 1 is 1.29 bits per heavy atom. The smallest absolute Gasteiger partial charge is 0.255 e. The maximum absolute atomic E-state index is 12.5. The van der Waals surface area contributed by atoms with Gasteiger partial charge >= 0.3 is 0 Å². The molecule has 3 amide bonds. The minimum atomic E-state index is -0.530. The molecular weight excluding hydrogens is 268 g/mol. The van der Waals surface area contributed by atoms with Crippen LogP contribution in [0.2, 0.25) is 0 Å². The van der Waals surface area contributed by atoms with E-state index in [-0.39, 0.29) is 24.1 Å². The van der Waals surface area contributed by atoms with E-state index < -0.39 is 6.04 Å². The molecule has 0 aliphatic carbocycles. The molecule has 1 unspecified atom stereocenters. The fraction of sp³-hybridized carbons (Fsp3) is 0.438. The normalized spacial score (nSPS) is 21.5. The zero-order valence-electron chi connectivity index (χ0n) is 12.0. The molecule has 1 aromatic carbocycles. The summed E-state index contributed by atoms with van der Waals surface area (Å²) in [5, 5.41) is 2.31. The summed E-state index contributed by atoms with van der Waals surface area (Å²) in [4.78, 5) is 37.3. The molecule has 5 heteroatoms. The molecule has 2 heterocycles. The fourth-order valence-corrected chi connectivity index (χ4v) is 3.05. The summed E-state index contributed by atoms with van der Waals surface area (Å²) in [7, 11) is 0. The summed E-state index contributed by atoms with van der Waals surface area (Å²) in [6, 6.07) is 5.43. The van der Waals surface area contributed by atoms with Crippen LogP contribution in [0.25, 0.3) is 0 Å². The first-order valence-corrected chi connectivity index (χ1v) is 7.36. The quantitative estimate of drug-likeness (QED) is 0.854. The first kappa shape index (κ1) is 13.8. The third-order valence-corrected chi connectivity index (χ3v) is 4.13. The highest BCUT2D eigenvalue weighted by molar-refractivity contribution is 6.05. The maximum Gasteiger partial charge on any atom is 0.255 e. The molecule has 0 bridgehead atoms. The van der Waals surface area contributed by atoms with Gasteiger partial charge in [0.05, 0.1) is 0 Å². The van der Waals surface area contributed by atoms with Gasteiger partial charge in [0, 0.05) is 18.5 Å². The molecule has 21 heavy (non-hydrogen) atoms. The van der Waals surface area contributed by atoms with Gasteiger partial charge in [-0.15, -0.1) is 0 Å². The van der Waals surface area contributed by atoms with E-state index in [0.717, 1.165) is 24.0 Å². The molecule has 2 aliphatic rings. The second-order valence-corrected chi connectivity index (χ2v) is 5.64. The molecular formula is C16H18N2O3. The van der Waals surface area contributed by atoms with Crippen LogP contribution >= 0.6 is 0 Å². The van der Waals surface area contributed by atoms with E-state index in [9.17, 15) is 14.4 Å². The highest BCUT2D eigenvalue weighted by Crippen LogP contribution is 2.28. The molecule has 3 rings (SSSR count). The van der Waals surface area contributed by atoms with Crippen LogP contribution in [-0.4, -0.2) is 28.7 Å². The van der Waals surface area contributed by atoms with Gasteiger partial charge in [-0.2, -0.15) is 0 Å². The number of benzene rings is 1. The van der Waals surface area contributed by atoms with E-state index in [2.05, 4.69) is 12.2 Å². The lowest BCUT2D eigenvalue weighted by molar-refractivity contribution is -0.136. The van der Waals surface area contributed by atoms with Crippen molar-refractivity contribution >= 4 is 17.7 Å². The SMILES string of the molecule is CCCc1ccc2c(c1)C(=O)N(C1CCC(=O)NC1=O)C2. The van der Waals surface area contributed by atoms with Gasteiger partial charge in [-0.1, -0.05) is 25.5 Å². The zero-order valence-corrected chi connectivity index (χ0v) is 12.0. The van der Waals surface area contributed by atoms with E-state index in [1.165, 1.54) is 0 Å². The Morgan fingerprint density at radius 2 is 2.10 bits per heavy atom. The van der Waals surface area contributed by atoms with Gasteiger partial charge in [-0.25, -0.2) is 0 Å². The van der Waals surface area contributed by atoms with E-state index in [1.807, 2.05) is 18.2 Å². The Morgan fingerprint density at radius 3 is 2.81 bits per heavy atom. The van der Waals surface area contributed by atoms with Crippen LogP contribution < -0.4 is 5.32 Å². The number of rotatable bonds is 3. The molecule has 110 valence electrons. The third-order valence-electron chi connectivity index (χ3n) is 4.13. The van der Waals surface area contributed by atoms with Gasteiger partial charge in [0.15, 0.2) is 0 Å². The van der Waals surface area contributed by atoms with Crippen LogP contribution in [0.3, 0.4) is 0 Å². The average molecular weight is 286 g/mol. The van der Waals surface area contributed by atoms with Crippen LogP contribution in [0.1, 0.15) is 47.7 Å². The molecule has 0 saturated carbocycles. The van der Waals surface area contributed by atoms with Crippen molar-refractivity contribution in [3.8, 4) is 0 Å². The number of nitrogens with one attached hydrogen (secondary N) is 1. The van der Waals surface area contributed by atoms with E-state index in [4.69, 9.17) is 0 Å².